The van der Waals surface area contributed by atoms with Crippen molar-refractivity contribution >= 4 is 11.8 Å². The predicted molar refractivity (Wildman–Crippen MR) is 55.1 cm³/mol. The van der Waals surface area contributed by atoms with Gasteiger partial charge in [0.25, 0.3) is 0 Å². The standard InChI is InChI=1S/C10H13NOS/c11-4-3-9-6-7-5-8(12)1-2-10(7)13-9/h1-2,5,9,12H,3-4,6,11H2. The summed E-state index contributed by atoms with van der Waals surface area (Å²) in [4.78, 5) is 1.30. The molecule has 1 aliphatic rings. The van der Waals surface area contributed by atoms with Crippen molar-refractivity contribution in [1.29, 1.82) is 0 Å². The summed E-state index contributed by atoms with van der Waals surface area (Å²) in [7, 11) is 0. The lowest BCUT2D eigenvalue weighted by molar-refractivity contribution is 0.474. The van der Waals surface area contributed by atoms with Gasteiger partial charge in [0, 0.05) is 10.1 Å². The van der Waals surface area contributed by atoms with Crippen molar-refractivity contribution in [3.8, 4) is 5.75 Å². The molecular formula is C10H13NOS. The minimum Gasteiger partial charge on any atom is -0.508 e. The van der Waals surface area contributed by atoms with Crippen LogP contribution in [0.2, 0.25) is 0 Å². The smallest absolute Gasteiger partial charge is 0.115 e. The summed E-state index contributed by atoms with van der Waals surface area (Å²) in [6.07, 6.45) is 2.10. The van der Waals surface area contributed by atoms with Crippen LogP contribution >= 0.6 is 11.8 Å². The molecule has 1 aliphatic heterocycles. The highest BCUT2D eigenvalue weighted by Gasteiger charge is 2.21. The lowest BCUT2D eigenvalue weighted by Gasteiger charge is -2.03. The number of phenols is 1. The molecule has 0 fully saturated rings. The van der Waals surface area contributed by atoms with Gasteiger partial charge in [-0.05, 0) is 43.1 Å². The van der Waals surface area contributed by atoms with Crippen LogP contribution in [-0.4, -0.2) is 16.9 Å². The Morgan fingerprint density at radius 1 is 1.54 bits per heavy atom. The molecule has 2 nitrogen and oxygen atoms in total. The zero-order valence-corrected chi connectivity index (χ0v) is 8.18. The van der Waals surface area contributed by atoms with Crippen molar-refractivity contribution < 1.29 is 5.11 Å². The van der Waals surface area contributed by atoms with E-state index in [0.717, 1.165) is 19.4 Å². The van der Waals surface area contributed by atoms with Crippen molar-refractivity contribution in [2.45, 2.75) is 23.0 Å². The first kappa shape index (κ1) is 8.91. The Hall–Kier alpha value is -0.670. The fourth-order valence-electron chi connectivity index (χ4n) is 1.65. The summed E-state index contributed by atoms with van der Waals surface area (Å²) in [5, 5.41) is 9.89. The van der Waals surface area contributed by atoms with Gasteiger partial charge in [0.05, 0.1) is 0 Å². The van der Waals surface area contributed by atoms with Crippen LogP contribution < -0.4 is 5.73 Å². The van der Waals surface area contributed by atoms with Crippen LogP contribution in [0, 0.1) is 0 Å². The minimum atomic E-state index is 0.368. The Morgan fingerprint density at radius 2 is 2.38 bits per heavy atom. The van der Waals surface area contributed by atoms with Gasteiger partial charge in [-0.15, -0.1) is 11.8 Å². The lowest BCUT2D eigenvalue weighted by Crippen LogP contribution is -2.09. The number of phenolic OH excluding ortho intramolecular Hbond substituents is 1. The molecule has 0 spiro atoms. The van der Waals surface area contributed by atoms with Gasteiger partial charge in [-0.2, -0.15) is 0 Å². The van der Waals surface area contributed by atoms with Gasteiger partial charge in [-0.1, -0.05) is 0 Å². The molecule has 1 aromatic rings. The van der Waals surface area contributed by atoms with E-state index < -0.39 is 0 Å². The van der Waals surface area contributed by atoms with Crippen LogP contribution in [0.3, 0.4) is 0 Å². The van der Waals surface area contributed by atoms with Gasteiger partial charge < -0.3 is 10.8 Å². The van der Waals surface area contributed by atoms with Gasteiger partial charge in [-0.25, -0.2) is 0 Å². The van der Waals surface area contributed by atoms with Crippen LogP contribution in [0.25, 0.3) is 0 Å². The number of aromatic hydroxyl groups is 1. The number of hydrogen-bond acceptors (Lipinski definition) is 3. The maximum absolute atomic E-state index is 9.28. The highest BCUT2D eigenvalue weighted by molar-refractivity contribution is 8.00. The molecule has 0 saturated heterocycles. The summed E-state index contributed by atoms with van der Waals surface area (Å²) < 4.78 is 0. The molecule has 70 valence electrons. The number of fused-ring (bicyclic) bond motifs is 1. The van der Waals surface area contributed by atoms with E-state index >= 15 is 0 Å². The Morgan fingerprint density at radius 3 is 3.15 bits per heavy atom. The average molecular weight is 195 g/mol. The molecule has 3 N–H and O–H groups in total. The number of thioether (sulfide) groups is 1. The summed E-state index contributed by atoms with van der Waals surface area (Å²) in [6, 6.07) is 5.60. The van der Waals surface area contributed by atoms with Gasteiger partial charge in [0.1, 0.15) is 5.75 Å². The second kappa shape index (κ2) is 3.60. The average Bonchev–Trinajstić information content (AvgIpc) is 2.46. The van der Waals surface area contributed by atoms with E-state index in [1.54, 1.807) is 6.07 Å². The third-order valence-corrected chi connectivity index (χ3v) is 3.66. The van der Waals surface area contributed by atoms with Crippen molar-refractivity contribution in [2.75, 3.05) is 6.54 Å². The minimum absolute atomic E-state index is 0.368. The number of nitrogens with two attached hydrogens (primary N) is 1. The molecule has 13 heavy (non-hydrogen) atoms. The molecule has 0 radical (unpaired) electrons. The molecule has 3 heteroatoms. The summed E-state index contributed by atoms with van der Waals surface area (Å²) >= 11 is 1.88. The van der Waals surface area contributed by atoms with Crippen LogP contribution in [0.4, 0.5) is 0 Å². The second-order valence-electron chi connectivity index (χ2n) is 3.31. The van der Waals surface area contributed by atoms with E-state index in [1.807, 2.05) is 23.9 Å². The fourth-order valence-corrected chi connectivity index (χ4v) is 2.97. The van der Waals surface area contributed by atoms with E-state index in [1.165, 1.54) is 10.5 Å². The molecule has 2 rings (SSSR count). The molecular weight excluding hydrogens is 182 g/mol. The Balaban J connectivity index is 2.16. The molecule has 0 bridgehead atoms. The molecule has 1 aromatic carbocycles. The number of rotatable bonds is 2. The number of benzene rings is 1. The zero-order valence-electron chi connectivity index (χ0n) is 7.36. The molecule has 1 heterocycles. The van der Waals surface area contributed by atoms with E-state index in [0.29, 0.717) is 11.0 Å². The fraction of sp³-hybridized carbons (Fsp3) is 0.400. The van der Waals surface area contributed by atoms with Crippen molar-refractivity contribution in [2.24, 2.45) is 5.73 Å². The lowest BCUT2D eigenvalue weighted by atomic mass is 10.1. The first-order chi connectivity index (χ1) is 6.29. The highest BCUT2D eigenvalue weighted by atomic mass is 32.2. The van der Waals surface area contributed by atoms with Crippen molar-refractivity contribution in [3.05, 3.63) is 23.8 Å². The Labute approximate surface area is 82.1 Å². The van der Waals surface area contributed by atoms with Crippen molar-refractivity contribution in [3.63, 3.8) is 0 Å². The summed E-state index contributed by atoms with van der Waals surface area (Å²) in [5.74, 6) is 0.368. The third kappa shape index (κ3) is 1.81. The summed E-state index contributed by atoms with van der Waals surface area (Å²) in [5.41, 5.74) is 6.78. The van der Waals surface area contributed by atoms with Gasteiger partial charge in [0.2, 0.25) is 0 Å². The van der Waals surface area contributed by atoms with E-state index in [2.05, 4.69) is 0 Å². The molecule has 0 amide bonds. The molecule has 0 saturated carbocycles. The van der Waals surface area contributed by atoms with Crippen LogP contribution in [0.5, 0.6) is 5.75 Å². The van der Waals surface area contributed by atoms with Gasteiger partial charge in [0.15, 0.2) is 0 Å². The predicted octanol–water partition coefficient (Wildman–Crippen LogP) is 1.76. The topological polar surface area (TPSA) is 46.2 Å². The third-order valence-electron chi connectivity index (χ3n) is 2.27. The first-order valence-electron chi connectivity index (χ1n) is 4.48. The molecule has 1 unspecified atom stereocenters. The van der Waals surface area contributed by atoms with E-state index in [9.17, 15) is 5.11 Å². The highest BCUT2D eigenvalue weighted by Crippen LogP contribution is 2.39. The Kier molecular flexibility index (Phi) is 2.47. The first-order valence-corrected chi connectivity index (χ1v) is 5.36. The van der Waals surface area contributed by atoms with E-state index in [-0.39, 0.29) is 0 Å². The van der Waals surface area contributed by atoms with Crippen molar-refractivity contribution in [1.82, 2.24) is 0 Å². The van der Waals surface area contributed by atoms with Gasteiger partial charge >= 0.3 is 0 Å². The molecule has 0 aromatic heterocycles. The quantitative estimate of drug-likeness (QED) is 0.756. The maximum Gasteiger partial charge on any atom is 0.115 e. The summed E-state index contributed by atoms with van der Waals surface area (Å²) in [6.45, 7) is 0.748. The number of hydrogen-bond donors (Lipinski definition) is 2. The normalized spacial score (nSPS) is 20.2. The van der Waals surface area contributed by atoms with Gasteiger partial charge in [-0.3, -0.25) is 0 Å². The maximum atomic E-state index is 9.28. The largest absolute Gasteiger partial charge is 0.508 e. The molecule has 1 atom stereocenters. The second-order valence-corrected chi connectivity index (χ2v) is 4.66. The van der Waals surface area contributed by atoms with Crippen LogP contribution in [0.15, 0.2) is 23.1 Å². The molecule has 0 aliphatic carbocycles. The van der Waals surface area contributed by atoms with E-state index in [4.69, 9.17) is 5.73 Å². The van der Waals surface area contributed by atoms with Crippen LogP contribution in [0.1, 0.15) is 12.0 Å². The zero-order chi connectivity index (χ0) is 9.26. The Bertz CT molecular complexity index is 314. The SMILES string of the molecule is NCCC1Cc2cc(O)ccc2S1. The van der Waals surface area contributed by atoms with Crippen LogP contribution in [-0.2, 0) is 6.42 Å². The monoisotopic (exact) mass is 195 g/mol.